The third-order valence-electron chi connectivity index (χ3n) is 21.7. The SMILES string of the molecule is CCCC(Nc1c([N+](=O)[O-])cc([N+](=O)[O-])c2ccccc12)P(=O)(OCC)OCC.CCCCCC(Nc1c([N+](=O)[O-])cc([N+](=O)[O-])c2ccccc12)P(=O)(OCC)OCC.CCOP(=O)(OCC)C(C)Nc1c([N+](=O)[O-])cc([N+](=O)[O-])c2ccccc12.CCOP(=O)(OCC)C(CC)Nc1c([N+](=O)[O-])cc([N+](=O)[O-])c2ccccc12.CCOP(=O)(OCC)C(Nc1c([N+](=O)[O-])cc([N+](=O)[O-])c2ccccc12)c1ccccc1. The van der Waals surface area contributed by atoms with Crippen LogP contribution in [0.2, 0.25) is 0 Å². The van der Waals surface area contributed by atoms with Crippen molar-refractivity contribution < 1.29 is 117 Å². The van der Waals surface area contributed by atoms with Crippen LogP contribution in [0.4, 0.5) is 85.3 Å². The van der Waals surface area contributed by atoms with Gasteiger partial charge < -0.3 is 71.8 Å². The van der Waals surface area contributed by atoms with Gasteiger partial charge in [0.1, 0.15) is 51.6 Å². The maximum Gasteiger partial charge on any atom is 0.357 e. The summed E-state index contributed by atoms with van der Waals surface area (Å²) in [5.41, 5.74) is -3.64. The van der Waals surface area contributed by atoms with E-state index in [1.807, 2.05) is 13.8 Å². The maximum absolute atomic E-state index is 13.7. The van der Waals surface area contributed by atoms with Crippen molar-refractivity contribution in [1.82, 2.24) is 0 Å². The largest absolute Gasteiger partial charge is 0.366 e. The number of nitrogens with zero attached hydrogens (tertiary/aromatic N) is 10. The van der Waals surface area contributed by atoms with Crippen LogP contribution in [0.5, 0.6) is 0 Å². The van der Waals surface area contributed by atoms with Crippen molar-refractivity contribution >= 4 is 177 Å². The normalized spacial score (nSPS) is 12.6. The monoisotopic (exact) mass is 2150 g/mol. The van der Waals surface area contributed by atoms with Gasteiger partial charge in [0, 0.05) is 26.9 Å². The first-order valence-electron chi connectivity index (χ1n) is 46.5. The Morgan fingerprint density at radius 2 is 0.449 bits per heavy atom. The lowest BCUT2D eigenvalue weighted by Gasteiger charge is -2.28. The summed E-state index contributed by atoms with van der Waals surface area (Å²) < 4.78 is 121. The van der Waals surface area contributed by atoms with Crippen molar-refractivity contribution in [3.63, 3.8) is 0 Å². The Bertz CT molecular complexity index is 6770. The van der Waals surface area contributed by atoms with Crippen molar-refractivity contribution in [2.75, 3.05) is 92.7 Å². The van der Waals surface area contributed by atoms with E-state index in [0.717, 1.165) is 43.2 Å². The standard InChI is InChI=1S/C21H22N3O7P.C20H28N3O7P.C18H24N3O7P.C17H22N3O7P.C16H20N3O7P/c1-3-30-32(29,31-4-2)21(15-10-6-5-7-11-15)22-20-17-13-9-8-12-16(17)18(23(25)26)14-19(20)24(27)28;1-4-7-8-13-19(31(28,29-5-2)30-6-3)21-20-16-12-10-9-11-15(16)17(22(24)25)14-18(20)23(26)27;1-4-9-17(29(26,27-5-2)28-6-3)19-18-14-11-8-7-10-13(14)15(20(22)23)12-16(18)21(24)25;1-4-16(28(25,26-5-2)27-6-3)18-17-13-10-8-7-9-12(13)14(19(21)22)11-15(17)20(23)24;1-4-25-27(24,26-5-2)11(3)17-16-13-9-7-6-8-12(13)14(18(20)21)10-15(16)19(22)23/h5-14,21-22H,3-4H2,1-2H3;9-12,14,19,21H,4-8,13H2,1-3H3;7-8,10-12,17,19H,4-6,9H2,1-3H3;7-11,16,18H,4-6H2,1-3H3;6-11,17H,4-5H2,1-3H3. The van der Waals surface area contributed by atoms with Crippen LogP contribution in [0.15, 0.2) is 182 Å². The Hall–Kier alpha value is -13.5. The molecule has 0 amide bonds. The summed E-state index contributed by atoms with van der Waals surface area (Å²) in [7, 11) is -18.4. The highest BCUT2D eigenvalue weighted by Gasteiger charge is 2.45. The van der Waals surface area contributed by atoms with Crippen LogP contribution in [-0.2, 0) is 68.1 Å². The van der Waals surface area contributed by atoms with E-state index in [9.17, 15) is 124 Å². The van der Waals surface area contributed by atoms with Gasteiger partial charge in [-0.3, -0.25) is 124 Å². The third kappa shape index (κ3) is 30.2. The minimum absolute atomic E-state index is 0.00955. The van der Waals surface area contributed by atoms with Crippen molar-refractivity contribution in [3.8, 4) is 0 Å². The zero-order valence-electron chi connectivity index (χ0n) is 82.7. The second kappa shape index (κ2) is 56.4. The number of unbranched alkanes of at least 4 members (excludes halogenated alkanes) is 2. The zero-order chi connectivity index (χ0) is 109. The first kappa shape index (κ1) is 120. The summed E-state index contributed by atoms with van der Waals surface area (Å²) in [5.74, 6) is -4.57. The molecule has 55 heteroatoms. The summed E-state index contributed by atoms with van der Waals surface area (Å²) in [4.78, 5) is 109. The molecule has 0 aliphatic rings. The minimum Gasteiger partial charge on any atom is -0.366 e. The molecule has 0 saturated carbocycles. The molecule has 0 aromatic heterocycles. The van der Waals surface area contributed by atoms with Gasteiger partial charge in [-0.15, -0.1) is 0 Å². The lowest BCUT2D eigenvalue weighted by atomic mass is 10.0. The van der Waals surface area contributed by atoms with Gasteiger partial charge in [-0.1, -0.05) is 168 Å². The van der Waals surface area contributed by atoms with Crippen LogP contribution in [-0.4, -0.2) is 138 Å². The van der Waals surface area contributed by atoms with Gasteiger partial charge >= 0.3 is 38.0 Å². The van der Waals surface area contributed by atoms with Crippen LogP contribution >= 0.6 is 38.0 Å². The maximum atomic E-state index is 13.7. The molecule has 5 unspecified atom stereocenters. The molecule has 5 atom stereocenters. The van der Waals surface area contributed by atoms with E-state index in [0.29, 0.717) is 43.1 Å². The number of nitro benzene ring substituents is 10. The third-order valence-corrected chi connectivity index (χ3v) is 33.6. The Labute approximate surface area is 842 Å². The van der Waals surface area contributed by atoms with E-state index in [1.165, 1.54) is 55.5 Å². The van der Waals surface area contributed by atoms with Crippen LogP contribution < -0.4 is 26.6 Å². The predicted molar refractivity (Wildman–Crippen MR) is 558 cm³/mol. The number of anilines is 5. The molecular weight excluding hydrogens is 2030 g/mol. The fraction of sp³-hybridized carbons (Fsp3) is 0.391. The summed E-state index contributed by atoms with van der Waals surface area (Å²) in [5, 5.41) is 133. The smallest absolute Gasteiger partial charge is 0.357 e. The number of nitrogens with one attached hydrogen (secondary N) is 5. The molecule has 0 spiro atoms. The Balaban J connectivity index is 0.000000249. The Morgan fingerprint density at radius 3 is 0.687 bits per heavy atom. The van der Waals surface area contributed by atoms with Crippen molar-refractivity contribution in [2.45, 2.75) is 171 Å². The number of rotatable bonds is 53. The molecule has 0 aliphatic heterocycles. The fourth-order valence-corrected chi connectivity index (χ4v) is 24.9. The number of fused-ring (bicyclic) bond motifs is 5. The molecule has 11 rings (SSSR count). The van der Waals surface area contributed by atoms with Gasteiger partial charge in [0.2, 0.25) is 0 Å². The quantitative estimate of drug-likeness (QED) is 0.0102. The van der Waals surface area contributed by atoms with Gasteiger partial charge in [0.25, 0.3) is 56.9 Å². The Kier molecular flexibility index (Phi) is 46.2. The number of hydrogen-bond acceptors (Lipinski definition) is 40. The lowest BCUT2D eigenvalue weighted by molar-refractivity contribution is -0.392. The van der Waals surface area contributed by atoms with Crippen LogP contribution in [0.25, 0.3) is 53.9 Å². The molecule has 11 aromatic rings. The molecule has 0 fully saturated rings. The van der Waals surface area contributed by atoms with Gasteiger partial charge in [-0.2, -0.15) is 0 Å². The second-order valence-electron chi connectivity index (χ2n) is 31.1. The lowest BCUT2D eigenvalue weighted by Crippen LogP contribution is -2.23. The molecule has 147 heavy (non-hydrogen) atoms. The van der Waals surface area contributed by atoms with Gasteiger partial charge in [-0.25, -0.2) is 0 Å². The average Bonchev–Trinajstić information content (AvgIpc) is 0.790. The summed E-state index contributed by atoms with van der Waals surface area (Å²) >= 11 is 0. The molecule has 0 bridgehead atoms. The first-order chi connectivity index (χ1) is 69.9. The van der Waals surface area contributed by atoms with E-state index in [1.54, 1.807) is 179 Å². The topological polar surface area (TPSA) is 669 Å². The van der Waals surface area contributed by atoms with Gasteiger partial charge in [-0.05, 0) is 131 Å². The van der Waals surface area contributed by atoms with Crippen LogP contribution in [0, 0.1) is 101 Å². The highest BCUT2D eigenvalue weighted by Crippen LogP contribution is 2.64. The van der Waals surface area contributed by atoms with Crippen molar-refractivity contribution in [2.24, 2.45) is 0 Å². The van der Waals surface area contributed by atoms with Gasteiger partial charge in [0.05, 0.1) is 173 Å². The molecule has 0 aliphatic carbocycles. The molecule has 5 N–H and O–H groups in total. The predicted octanol–water partition coefficient (Wildman–Crippen LogP) is 27.5. The number of benzene rings is 11. The zero-order valence-corrected chi connectivity index (χ0v) is 87.2. The highest BCUT2D eigenvalue weighted by molar-refractivity contribution is 7.56. The first-order valence-corrected chi connectivity index (χ1v) is 54.5. The molecule has 0 heterocycles. The molecule has 0 radical (unpaired) electrons. The van der Waals surface area contributed by atoms with E-state index in [4.69, 9.17) is 45.2 Å². The summed E-state index contributed by atoms with van der Waals surface area (Å²) in [6.07, 6.45) is 4.17. The average molecular weight is 2150 g/mol. The van der Waals surface area contributed by atoms with Crippen molar-refractivity contribution in [3.05, 3.63) is 289 Å². The molecule has 794 valence electrons. The molecule has 50 nitrogen and oxygen atoms in total. The minimum atomic E-state index is -3.84. The second-order valence-corrected chi connectivity index (χ2v) is 42.2. The van der Waals surface area contributed by atoms with Crippen LogP contribution in [0.1, 0.15) is 153 Å². The highest BCUT2D eigenvalue weighted by atomic mass is 31.2. The van der Waals surface area contributed by atoms with E-state index in [2.05, 4.69) is 26.6 Å². The molecule has 11 aromatic carbocycles. The molecule has 0 saturated heterocycles. The Morgan fingerprint density at radius 1 is 0.238 bits per heavy atom. The van der Waals surface area contributed by atoms with E-state index >= 15 is 0 Å². The fourth-order valence-electron chi connectivity index (χ4n) is 15.6. The van der Waals surface area contributed by atoms with E-state index in [-0.39, 0.29) is 166 Å². The number of nitro groups is 10. The van der Waals surface area contributed by atoms with Crippen LogP contribution in [0.3, 0.4) is 0 Å². The van der Waals surface area contributed by atoms with E-state index < -0.39 is 150 Å². The molecular formula is C92H116N15O35P5. The number of non-ortho nitro benzene ring substituents is 5. The van der Waals surface area contributed by atoms with Gasteiger partial charge in [0.15, 0.2) is 5.78 Å². The summed E-state index contributed by atoms with van der Waals surface area (Å²) in [6.45, 7) is 25.2. The number of hydrogen-bond donors (Lipinski definition) is 5. The van der Waals surface area contributed by atoms with Crippen molar-refractivity contribution in [1.29, 1.82) is 0 Å². The summed E-state index contributed by atoms with van der Waals surface area (Å²) in [6, 6.07) is 44.6.